The molecular formula is C15H11ClO3. The van der Waals surface area contributed by atoms with E-state index in [2.05, 4.69) is 0 Å². The monoisotopic (exact) mass is 274 g/mol. The van der Waals surface area contributed by atoms with Crippen LogP contribution in [-0.4, -0.2) is 5.11 Å². The van der Waals surface area contributed by atoms with Gasteiger partial charge in [-0.2, -0.15) is 0 Å². The SMILES string of the molecule is Oc1cccc(OCc2coc3ccc(Cl)cc23)c1. The van der Waals surface area contributed by atoms with Gasteiger partial charge in [0.1, 0.15) is 23.7 Å². The van der Waals surface area contributed by atoms with Crippen LogP contribution in [0.25, 0.3) is 11.0 Å². The lowest BCUT2D eigenvalue weighted by molar-refractivity contribution is 0.304. The zero-order chi connectivity index (χ0) is 13.2. The molecule has 0 unspecified atom stereocenters. The molecule has 19 heavy (non-hydrogen) atoms. The summed E-state index contributed by atoms with van der Waals surface area (Å²) in [5.41, 5.74) is 1.69. The van der Waals surface area contributed by atoms with Gasteiger partial charge < -0.3 is 14.3 Å². The first-order chi connectivity index (χ1) is 9.22. The molecule has 1 N–H and O–H groups in total. The van der Waals surface area contributed by atoms with E-state index in [1.165, 1.54) is 0 Å². The van der Waals surface area contributed by atoms with Crippen LogP contribution in [0.15, 0.2) is 53.1 Å². The number of hydrogen-bond acceptors (Lipinski definition) is 3. The third-order valence-corrected chi connectivity index (χ3v) is 3.06. The zero-order valence-corrected chi connectivity index (χ0v) is 10.7. The van der Waals surface area contributed by atoms with Gasteiger partial charge in [0.2, 0.25) is 0 Å². The predicted octanol–water partition coefficient (Wildman–Crippen LogP) is 4.37. The van der Waals surface area contributed by atoms with Gasteiger partial charge in [0, 0.05) is 22.0 Å². The second kappa shape index (κ2) is 4.86. The van der Waals surface area contributed by atoms with Crippen LogP contribution in [0.3, 0.4) is 0 Å². The maximum Gasteiger partial charge on any atom is 0.134 e. The van der Waals surface area contributed by atoms with E-state index in [1.54, 1.807) is 36.6 Å². The summed E-state index contributed by atoms with van der Waals surface area (Å²) in [6.07, 6.45) is 1.66. The lowest BCUT2D eigenvalue weighted by Crippen LogP contribution is -1.93. The van der Waals surface area contributed by atoms with Gasteiger partial charge in [-0.1, -0.05) is 17.7 Å². The summed E-state index contributed by atoms with van der Waals surface area (Å²) in [6.45, 7) is 0.358. The van der Waals surface area contributed by atoms with Gasteiger partial charge in [0.15, 0.2) is 0 Å². The van der Waals surface area contributed by atoms with Crippen molar-refractivity contribution >= 4 is 22.6 Å². The second-order valence-electron chi connectivity index (χ2n) is 4.19. The smallest absolute Gasteiger partial charge is 0.134 e. The molecule has 0 radical (unpaired) electrons. The summed E-state index contributed by atoms with van der Waals surface area (Å²) in [5, 5.41) is 11.0. The second-order valence-corrected chi connectivity index (χ2v) is 4.62. The zero-order valence-electron chi connectivity index (χ0n) is 9.97. The molecule has 3 nitrogen and oxygen atoms in total. The number of ether oxygens (including phenoxy) is 1. The number of hydrogen-bond donors (Lipinski definition) is 1. The van der Waals surface area contributed by atoms with Gasteiger partial charge in [-0.05, 0) is 30.3 Å². The van der Waals surface area contributed by atoms with E-state index in [1.807, 2.05) is 12.1 Å². The first kappa shape index (κ1) is 11.9. The van der Waals surface area contributed by atoms with Gasteiger partial charge in [0.25, 0.3) is 0 Å². The van der Waals surface area contributed by atoms with Crippen molar-refractivity contribution in [2.75, 3.05) is 0 Å². The number of aromatic hydroxyl groups is 1. The maximum atomic E-state index is 9.36. The molecule has 3 rings (SSSR count). The van der Waals surface area contributed by atoms with Crippen molar-refractivity contribution in [3.8, 4) is 11.5 Å². The Balaban J connectivity index is 1.84. The summed E-state index contributed by atoms with van der Waals surface area (Å²) in [5.74, 6) is 0.786. The first-order valence-electron chi connectivity index (χ1n) is 5.80. The van der Waals surface area contributed by atoms with Crippen molar-refractivity contribution in [1.82, 2.24) is 0 Å². The Labute approximate surface area is 115 Å². The average Bonchev–Trinajstić information content (AvgIpc) is 2.79. The Morgan fingerprint density at radius 1 is 1.16 bits per heavy atom. The number of benzene rings is 2. The molecule has 0 amide bonds. The molecule has 0 bridgehead atoms. The van der Waals surface area contributed by atoms with E-state index in [-0.39, 0.29) is 5.75 Å². The minimum absolute atomic E-state index is 0.178. The van der Waals surface area contributed by atoms with Gasteiger partial charge in [-0.25, -0.2) is 0 Å². The van der Waals surface area contributed by atoms with Crippen molar-refractivity contribution < 1.29 is 14.3 Å². The molecule has 0 atom stereocenters. The summed E-state index contributed by atoms with van der Waals surface area (Å²) in [4.78, 5) is 0. The van der Waals surface area contributed by atoms with Crippen molar-refractivity contribution in [1.29, 1.82) is 0 Å². The summed E-state index contributed by atoms with van der Waals surface area (Å²) in [7, 11) is 0. The number of fused-ring (bicyclic) bond motifs is 1. The molecule has 4 heteroatoms. The van der Waals surface area contributed by atoms with Crippen LogP contribution in [-0.2, 0) is 6.61 Å². The molecule has 0 spiro atoms. The normalized spacial score (nSPS) is 10.8. The quantitative estimate of drug-likeness (QED) is 0.771. The number of furan rings is 1. The van der Waals surface area contributed by atoms with Crippen LogP contribution in [0, 0.1) is 0 Å². The van der Waals surface area contributed by atoms with Gasteiger partial charge >= 0.3 is 0 Å². The molecule has 1 aromatic heterocycles. The molecule has 1 heterocycles. The average molecular weight is 275 g/mol. The van der Waals surface area contributed by atoms with Gasteiger partial charge in [-0.3, -0.25) is 0 Å². The third kappa shape index (κ3) is 2.51. The minimum atomic E-state index is 0.178. The minimum Gasteiger partial charge on any atom is -0.508 e. The molecule has 2 aromatic carbocycles. The molecule has 0 saturated heterocycles. The fourth-order valence-electron chi connectivity index (χ4n) is 1.90. The Kier molecular flexibility index (Phi) is 3.05. The highest BCUT2D eigenvalue weighted by molar-refractivity contribution is 6.31. The van der Waals surface area contributed by atoms with Crippen molar-refractivity contribution in [3.63, 3.8) is 0 Å². The largest absolute Gasteiger partial charge is 0.508 e. The van der Waals surface area contributed by atoms with Crippen molar-refractivity contribution in [2.45, 2.75) is 6.61 Å². The highest BCUT2D eigenvalue weighted by atomic mass is 35.5. The van der Waals surface area contributed by atoms with Crippen LogP contribution in [0.2, 0.25) is 5.02 Å². The standard InChI is InChI=1S/C15H11ClO3/c16-11-4-5-15-14(6-11)10(9-19-15)8-18-13-3-1-2-12(17)7-13/h1-7,9,17H,8H2. The number of rotatable bonds is 3. The van der Waals surface area contributed by atoms with E-state index < -0.39 is 0 Å². The molecule has 96 valence electrons. The van der Waals surface area contributed by atoms with E-state index in [0.717, 1.165) is 16.5 Å². The van der Waals surface area contributed by atoms with Crippen LogP contribution in [0.4, 0.5) is 0 Å². The summed E-state index contributed by atoms with van der Waals surface area (Å²) in [6, 6.07) is 12.1. The van der Waals surface area contributed by atoms with Crippen molar-refractivity contribution in [3.05, 3.63) is 59.3 Å². The Bertz CT molecular complexity index is 718. The van der Waals surface area contributed by atoms with E-state index in [0.29, 0.717) is 17.4 Å². The van der Waals surface area contributed by atoms with Gasteiger partial charge in [0.05, 0.1) is 6.26 Å². The number of phenolic OH excluding ortho intramolecular Hbond substituents is 1. The molecular weight excluding hydrogens is 264 g/mol. The fourth-order valence-corrected chi connectivity index (χ4v) is 2.07. The Morgan fingerprint density at radius 3 is 2.89 bits per heavy atom. The van der Waals surface area contributed by atoms with Crippen LogP contribution < -0.4 is 4.74 Å². The molecule has 0 aliphatic heterocycles. The third-order valence-electron chi connectivity index (χ3n) is 2.83. The highest BCUT2D eigenvalue weighted by Crippen LogP contribution is 2.26. The van der Waals surface area contributed by atoms with Crippen LogP contribution >= 0.6 is 11.6 Å². The lowest BCUT2D eigenvalue weighted by atomic mass is 10.2. The van der Waals surface area contributed by atoms with Gasteiger partial charge in [-0.15, -0.1) is 0 Å². The van der Waals surface area contributed by atoms with E-state index in [9.17, 15) is 5.11 Å². The topological polar surface area (TPSA) is 42.6 Å². The fraction of sp³-hybridized carbons (Fsp3) is 0.0667. The molecule has 0 fully saturated rings. The summed E-state index contributed by atoms with van der Waals surface area (Å²) < 4.78 is 11.0. The highest BCUT2D eigenvalue weighted by Gasteiger charge is 2.07. The van der Waals surface area contributed by atoms with Crippen molar-refractivity contribution in [2.24, 2.45) is 0 Å². The summed E-state index contributed by atoms with van der Waals surface area (Å²) >= 11 is 5.97. The predicted molar refractivity (Wildman–Crippen MR) is 73.7 cm³/mol. The van der Waals surface area contributed by atoms with E-state index >= 15 is 0 Å². The van der Waals surface area contributed by atoms with E-state index in [4.69, 9.17) is 20.8 Å². The number of halogens is 1. The van der Waals surface area contributed by atoms with Crippen LogP contribution in [0.5, 0.6) is 11.5 Å². The number of phenols is 1. The maximum absolute atomic E-state index is 9.36. The first-order valence-corrected chi connectivity index (χ1v) is 6.17. The molecule has 3 aromatic rings. The lowest BCUT2D eigenvalue weighted by Gasteiger charge is -2.05. The Morgan fingerprint density at radius 2 is 2.05 bits per heavy atom. The molecule has 0 saturated carbocycles. The Hall–Kier alpha value is -2.13. The van der Waals surface area contributed by atoms with Crippen LogP contribution in [0.1, 0.15) is 5.56 Å². The molecule has 0 aliphatic rings. The molecule has 0 aliphatic carbocycles.